The molecule has 11 heteroatoms. The second-order valence-electron chi connectivity index (χ2n) is 4.81. The van der Waals surface area contributed by atoms with E-state index in [1.165, 1.54) is 12.1 Å². The van der Waals surface area contributed by atoms with Crippen LogP contribution in [-0.4, -0.2) is 22.9 Å². The molecule has 0 amide bonds. The number of halogens is 1. The Morgan fingerprint density at radius 3 is 2.67 bits per heavy atom. The van der Waals surface area contributed by atoms with Crippen LogP contribution in [0.3, 0.4) is 0 Å². The van der Waals surface area contributed by atoms with Gasteiger partial charge in [-0.1, -0.05) is 5.16 Å². The number of benzene rings is 1. The van der Waals surface area contributed by atoms with E-state index in [1.807, 2.05) is 0 Å². The predicted molar refractivity (Wildman–Crippen MR) is 85.0 cm³/mol. The van der Waals surface area contributed by atoms with Gasteiger partial charge in [0.1, 0.15) is 10.7 Å². The molecule has 3 aromatic rings. The van der Waals surface area contributed by atoms with E-state index in [2.05, 4.69) is 19.2 Å². The van der Waals surface area contributed by atoms with Crippen LogP contribution in [0.4, 0.5) is 10.1 Å². The Morgan fingerprint density at radius 1 is 1.33 bits per heavy atom. The average molecular weight is 369 g/mol. The lowest BCUT2D eigenvalue weighted by atomic mass is 10.3. The second kappa shape index (κ2) is 6.26. The molecule has 0 saturated carbocycles. The van der Waals surface area contributed by atoms with Gasteiger partial charge in [0.2, 0.25) is 10.0 Å². The maximum absolute atomic E-state index is 12.9. The lowest BCUT2D eigenvalue weighted by Crippen LogP contribution is -2.23. The molecule has 3 N–H and O–H groups in total. The van der Waals surface area contributed by atoms with Crippen LogP contribution in [0.1, 0.15) is 11.5 Å². The fourth-order valence-corrected chi connectivity index (χ4v) is 3.52. The number of rotatable bonds is 5. The third kappa shape index (κ3) is 3.27. The van der Waals surface area contributed by atoms with Crippen LogP contribution < -0.4 is 10.5 Å². The number of aryl methyl sites for hydroxylation is 1. The summed E-state index contributed by atoms with van der Waals surface area (Å²) in [5, 5.41) is 3.70. The van der Waals surface area contributed by atoms with E-state index in [9.17, 15) is 12.8 Å². The molecule has 2 heterocycles. The number of aromatic nitrogens is 3. The molecule has 0 aliphatic heterocycles. The summed E-state index contributed by atoms with van der Waals surface area (Å²) in [4.78, 5) is 4.57. The fourth-order valence-electron chi connectivity index (χ4n) is 1.81. The van der Waals surface area contributed by atoms with Gasteiger partial charge >= 0.3 is 0 Å². The highest BCUT2D eigenvalue weighted by atomic mass is 32.2. The predicted octanol–water partition coefficient (Wildman–Crippen LogP) is 1.70. The molecular formula is C13H12FN5O3S2. The first-order valence-electron chi connectivity index (χ1n) is 6.67. The molecule has 0 aliphatic rings. The molecule has 0 saturated heterocycles. The first-order valence-corrected chi connectivity index (χ1v) is 8.92. The Morgan fingerprint density at radius 2 is 2.04 bits per heavy atom. The molecule has 2 aromatic heterocycles. The van der Waals surface area contributed by atoms with E-state index < -0.39 is 15.8 Å². The molecule has 0 unspecified atom stereocenters. The van der Waals surface area contributed by atoms with E-state index in [4.69, 9.17) is 10.3 Å². The van der Waals surface area contributed by atoms with E-state index in [0.29, 0.717) is 16.3 Å². The van der Waals surface area contributed by atoms with Crippen molar-refractivity contribution in [3.8, 4) is 10.8 Å². The van der Waals surface area contributed by atoms with Gasteiger partial charge in [-0.2, -0.15) is 9.36 Å². The molecule has 0 aliphatic carbocycles. The van der Waals surface area contributed by atoms with Crippen molar-refractivity contribution in [3.63, 3.8) is 0 Å². The van der Waals surface area contributed by atoms with E-state index in [-0.39, 0.29) is 23.2 Å². The van der Waals surface area contributed by atoms with Crippen LogP contribution in [0.25, 0.3) is 10.8 Å². The van der Waals surface area contributed by atoms with Crippen LogP contribution in [0.15, 0.2) is 33.7 Å². The van der Waals surface area contributed by atoms with Gasteiger partial charge in [0, 0.05) is 0 Å². The molecular weight excluding hydrogens is 357 g/mol. The normalized spacial score (nSPS) is 11.8. The van der Waals surface area contributed by atoms with Crippen LogP contribution in [0.5, 0.6) is 0 Å². The molecule has 0 spiro atoms. The topological polar surface area (TPSA) is 124 Å². The quantitative estimate of drug-likeness (QED) is 0.701. The van der Waals surface area contributed by atoms with Crippen molar-refractivity contribution in [3.05, 3.63) is 41.6 Å². The molecule has 126 valence electrons. The number of hydrogen-bond acceptors (Lipinski definition) is 8. The minimum Gasteiger partial charge on any atom is -0.396 e. The third-order valence-electron chi connectivity index (χ3n) is 3.11. The van der Waals surface area contributed by atoms with Gasteiger partial charge in [-0.25, -0.2) is 17.5 Å². The molecule has 0 atom stereocenters. The largest absolute Gasteiger partial charge is 0.396 e. The monoisotopic (exact) mass is 369 g/mol. The number of anilines is 1. The molecule has 8 nitrogen and oxygen atoms in total. The van der Waals surface area contributed by atoms with Gasteiger partial charge in [0.15, 0.2) is 5.82 Å². The SMILES string of the molecule is Cc1nsc(-c2nc(CNS(=O)(=O)c3ccc(F)cc3)no2)c1N. The zero-order valence-electron chi connectivity index (χ0n) is 12.4. The summed E-state index contributed by atoms with van der Waals surface area (Å²) in [6.07, 6.45) is 0. The van der Waals surface area contributed by atoms with Gasteiger partial charge in [-0.05, 0) is 42.7 Å². The van der Waals surface area contributed by atoms with Crippen molar-refractivity contribution in [1.82, 2.24) is 19.2 Å². The van der Waals surface area contributed by atoms with Gasteiger partial charge < -0.3 is 10.3 Å². The van der Waals surface area contributed by atoms with Crippen LogP contribution in [0.2, 0.25) is 0 Å². The summed E-state index contributed by atoms with van der Waals surface area (Å²) in [6, 6.07) is 4.46. The van der Waals surface area contributed by atoms with Crippen molar-refractivity contribution < 1.29 is 17.3 Å². The number of hydrogen-bond donors (Lipinski definition) is 2. The summed E-state index contributed by atoms with van der Waals surface area (Å²) in [5.74, 6) is -0.204. The van der Waals surface area contributed by atoms with E-state index in [1.54, 1.807) is 6.92 Å². The highest BCUT2D eigenvalue weighted by Gasteiger charge is 2.19. The number of nitrogens with zero attached hydrogens (tertiary/aromatic N) is 3. The number of nitrogen functional groups attached to an aromatic ring is 1. The van der Waals surface area contributed by atoms with E-state index in [0.717, 1.165) is 23.7 Å². The van der Waals surface area contributed by atoms with Crippen LogP contribution in [-0.2, 0) is 16.6 Å². The maximum Gasteiger partial charge on any atom is 0.271 e. The smallest absolute Gasteiger partial charge is 0.271 e. The Balaban J connectivity index is 1.73. The fraction of sp³-hybridized carbons (Fsp3) is 0.154. The average Bonchev–Trinajstić information content (AvgIpc) is 3.14. The van der Waals surface area contributed by atoms with Gasteiger partial charge in [0.05, 0.1) is 22.8 Å². The maximum atomic E-state index is 12.9. The third-order valence-corrected chi connectivity index (χ3v) is 5.47. The summed E-state index contributed by atoms with van der Waals surface area (Å²) < 4.78 is 48.5. The minimum absolute atomic E-state index is 0.0602. The Kier molecular flexibility index (Phi) is 4.30. The van der Waals surface area contributed by atoms with Gasteiger partial charge in [0.25, 0.3) is 5.89 Å². The molecule has 0 fully saturated rings. The number of nitrogens with one attached hydrogen (secondary N) is 1. The van der Waals surface area contributed by atoms with Crippen molar-refractivity contribution in [1.29, 1.82) is 0 Å². The molecule has 1 aromatic carbocycles. The van der Waals surface area contributed by atoms with Gasteiger partial charge in [-0.3, -0.25) is 0 Å². The van der Waals surface area contributed by atoms with Crippen LogP contribution >= 0.6 is 11.5 Å². The lowest BCUT2D eigenvalue weighted by molar-refractivity contribution is 0.422. The Labute approximate surface area is 140 Å². The first-order chi connectivity index (χ1) is 11.4. The highest BCUT2D eigenvalue weighted by molar-refractivity contribution is 7.89. The van der Waals surface area contributed by atoms with Crippen LogP contribution in [0, 0.1) is 12.7 Å². The summed E-state index contributed by atoms with van der Waals surface area (Å²) in [6.45, 7) is 1.57. The summed E-state index contributed by atoms with van der Waals surface area (Å²) in [5.41, 5.74) is 6.96. The molecule has 3 rings (SSSR count). The summed E-state index contributed by atoms with van der Waals surface area (Å²) in [7, 11) is -3.81. The van der Waals surface area contributed by atoms with Crippen molar-refractivity contribution in [2.75, 3.05) is 5.73 Å². The van der Waals surface area contributed by atoms with E-state index >= 15 is 0 Å². The minimum atomic E-state index is -3.81. The standard InChI is InChI=1S/C13H12FN5O3S2/c1-7-11(15)12(23-19-7)13-17-10(18-22-13)6-16-24(20,21)9-4-2-8(14)3-5-9/h2-5,16H,6,15H2,1H3. The zero-order valence-corrected chi connectivity index (χ0v) is 14.0. The zero-order chi connectivity index (χ0) is 17.3. The van der Waals surface area contributed by atoms with Gasteiger partial charge in [-0.15, -0.1) is 0 Å². The molecule has 24 heavy (non-hydrogen) atoms. The lowest BCUT2D eigenvalue weighted by Gasteiger charge is -2.04. The summed E-state index contributed by atoms with van der Waals surface area (Å²) >= 11 is 1.12. The van der Waals surface area contributed by atoms with Crippen molar-refractivity contribution >= 4 is 27.2 Å². The Bertz CT molecular complexity index is 966. The highest BCUT2D eigenvalue weighted by Crippen LogP contribution is 2.30. The Hall–Kier alpha value is -2.37. The second-order valence-corrected chi connectivity index (χ2v) is 7.35. The molecule has 0 radical (unpaired) electrons. The number of nitrogens with two attached hydrogens (primary N) is 1. The van der Waals surface area contributed by atoms with Crippen molar-refractivity contribution in [2.24, 2.45) is 0 Å². The molecule has 0 bridgehead atoms. The first kappa shape index (κ1) is 16.5. The van der Waals surface area contributed by atoms with Crippen molar-refractivity contribution in [2.45, 2.75) is 18.4 Å². The number of sulfonamides is 1.